The average molecular weight is 213 g/mol. The lowest BCUT2D eigenvalue weighted by molar-refractivity contribution is 0.218. The van der Waals surface area contributed by atoms with Gasteiger partial charge in [-0.2, -0.15) is 0 Å². The van der Waals surface area contributed by atoms with Crippen LogP contribution in [0.4, 0.5) is 5.69 Å². The van der Waals surface area contributed by atoms with Crippen LogP contribution in [0.1, 0.15) is 5.56 Å². The minimum absolute atomic E-state index is 0.510. The molecule has 0 spiro atoms. The third-order valence-electron chi connectivity index (χ3n) is 1.98. The Kier molecular flexibility index (Phi) is 4.10. The van der Waals surface area contributed by atoms with Gasteiger partial charge < -0.3 is 10.5 Å². The highest BCUT2D eigenvalue weighted by Gasteiger charge is 2.04. The molecule has 1 aromatic rings. The van der Waals surface area contributed by atoms with Crippen LogP contribution in [0.3, 0.4) is 0 Å². The Balaban J connectivity index is 2.76. The molecular formula is C10H15NO2S. The van der Waals surface area contributed by atoms with Gasteiger partial charge in [0.1, 0.15) is 0 Å². The molecule has 1 rings (SSSR count). The first-order valence-corrected chi connectivity index (χ1v) is 5.70. The van der Waals surface area contributed by atoms with Gasteiger partial charge in [0.25, 0.3) is 0 Å². The summed E-state index contributed by atoms with van der Waals surface area (Å²) >= 11 is 0. The van der Waals surface area contributed by atoms with E-state index < -0.39 is 10.8 Å². The minimum atomic E-state index is -0.982. The summed E-state index contributed by atoms with van der Waals surface area (Å²) in [6.45, 7) is 2.42. The summed E-state index contributed by atoms with van der Waals surface area (Å²) in [6.07, 6.45) is 0. The first-order valence-electron chi connectivity index (χ1n) is 4.38. The van der Waals surface area contributed by atoms with E-state index in [9.17, 15) is 4.21 Å². The number of hydrogen-bond donors (Lipinski definition) is 1. The van der Waals surface area contributed by atoms with E-state index in [1.165, 1.54) is 0 Å². The number of nitrogens with two attached hydrogens (primary N) is 1. The van der Waals surface area contributed by atoms with Crippen LogP contribution in [0, 0.1) is 6.92 Å². The van der Waals surface area contributed by atoms with Crippen molar-refractivity contribution in [2.24, 2.45) is 0 Å². The highest BCUT2D eigenvalue weighted by molar-refractivity contribution is 7.85. The van der Waals surface area contributed by atoms with Gasteiger partial charge in [0.15, 0.2) is 0 Å². The van der Waals surface area contributed by atoms with E-state index in [0.29, 0.717) is 12.4 Å². The molecule has 0 bridgehead atoms. The Bertz CT molecular complexity index is 339. The third-order valence-corrected chi connectivity index (χ3v) is 3.29. The van der Waals surface area contributed by atoms with Gasteiger partial charge in [0, 0.05) is 17.7 Å². The fourth-order valence-electron chi connectivity index (χ4n) is 1.07. The van der Waals surface area contributed by atoms with E-state index in [2.05, 4.69) is 0 Å². The molecule has 0 saturated carbocycles. The number of methoxy groups -OCH3 is 1. The Labute approximate surface area is 86.7 Å². The van der Waals surface area contributed by atoms with Crippen molar-refractivity contribution in [3.05, 3.63) is 23.8 Å². The van der Waals surface area contributed by atoms with E-state index in [-0.39, 0.29) is 0 Å². The molecule has 78 valence electrons. The molecule has 0 heterocycles. The van der Waals surface area contributed by atoms with E-state index in [1.54, 1.807) is 19.2 Å². The summed E-state index contributed by atoms with van der Waals surface area (Å²) < 4.78 is 16.5. The molecule has 0 aromatic heterocycles. The van der Waals surface area contributed by atoms with Crippen molar-refractivity contribution in [1.29, 1.82) is 0 Å². The zero-order valence-electron chi connectivity index (χ0n) is 8.45. The molecule has 1 unspecified atom stereocenters. The molecule has 0 aliphatic rings. The van der Waals surface area contributed by atoms with Gasteiger partial charge in [-0.25, -0.2) is 0 Å². The third kappa shape index (κ3) is 2.82. The largest absolute Gasteiger partial charge is 0.399 e. The minimum Gasteiger partial charge on any atom is -0.399 e. The number of benzene rings is 1. The van der Waals surface area contributed by atoms with Crippen molar-refractivity contribution < 1.29 is 8.95 Å². The lowest BCUT2D eigenvalue weighted by Gasteiger charge is -2.04. The van der Waals surface area contributed by atoms with Crippen LogP contribution in [0.2, 0.25) is 0 Å². The molecule has 0 radical (unpaired) electrons. The number of nitrogen functional groups attached to an aromatic ring is 1. The molecule has 14 heavy (non-hydrogen) atoms. The summed E-state index contributed by atoms with van der Waals surface area (Å²) in [5, 5.41) is 0. The van der Waals surface area contributed by atoms with Crippen LogP contribution in [0.25, 0.3) is 0 Å². The lowest BCUT2D eigenvalue weighted by atomic mass is 10.2. The molecule has 1 atom stereocenters. The summed E-state index contributed by atoms with van der Waals surface area (Å²) in [4.78, 5) is 0.814. The van der Waals surface area contributed by atoms with E-state index in [4.69, 9.17) is 10.5 Å². The van der Waals surface area contributed by atoms with Gasteiger partial charge in [0.05, 0.1) is 23.2 Å². The number of hydrogen-bond acceptors (Lipinski definition) is 3. The summed E-state index contributed by atoms with van der Waals surface area (Å²) in [7, 11) is 0.620. The number of anilines is 1. The SMILES string of the molecule is COCCS(=O)c1ccc(N)c(C)c1. The van der Waals surface area contributed by atoms with Crippen LogP contribution in [0.15, 0.2) is 23.1 Å². The molecular weight excluding hydrogens is 198 g/mol. The summed E-state index contributed by atoms with van der Waals surface area (Å²) in [5.41, 5.74) is 7.37. The van der Waals surface area contributed by atoms with Gasteiger partial charge in [-0.05, 0) is 30.7 Å². The number of aryl methyl sites for hydroxylation is 1. The molecule has 0 aliphatic carbocycles. The Morgan fingerprint density at radius 1 is 1.50 bits per heavy atom. The zero-order chi connectivity index (χ0) is 10.6. The molecule has 0 saturated heterocycles. The van der Waals surface area contributed by atoms with Gasteiger partial charge in [-0.3, -0.25) is 4.21 Å². The topological polar surface area (TPSA) is 52.3 Å². The molecule has 0 amide bonds. The standard InChI is InChI=1S/C10H15NO2S/c1-8-7-9(3-4-10(8)11)14(12)6-5-13-2/h3-4,7H,5-6,11H2,1-2H3. The van der Waals surface area contributed by atoms with Crippen molar-refractivity contribution in [3.63, 3.8) is 0 Å². The predicted octanol–water partition coefficient (Wildman–Crippen LogP) is 1.33. The second-order valence-corrected chi connectivity index (χ2v) is 4.63. The maximum Gasteiger partial charge on any atom is 0.0581 e. The van der Waals surface area contributed by atoms with Crippen LogP contribution in [-0.2, 0) is 15.5 Å². The van der Waals surface area contributed by atoms with Crippen molar-refractivity contribution >= 4 is 16.5 Å². The molecule has 0 fully saturated rings. The molecule has 4 heteroatoms. The highest BCUT2D eigenvalue weighted by Crippen LogP contribution is 2.15. The quantitative estimate of drug-likeness (QED) is 0.768. The average Bonchev–Trinajstić information content (AvgIpc) is 2.18. The maximum atomic E-state index is 11.7. The van der Waals surface area contributed by atoms with Crippen LogP contribution >= 0.6 is 0 Å². The van der Waals surface area contributed by atoms with E-state index in [0.717, 1.165) is 16.1 Å². The van der Waals surface area contributed by atoms with Crippen molar-refractivity contribution in [3.8, 4) is 0 Å². The first kappa shape index (κ1) is 11.2. The smallest absolute Gasteiger partial charge is 0.0581 e. The van der Waals surface area contributed by atoms with E-state index >= 15 is 0 Å². The first-order chi connectivity index (χ1) is 6.65. The van der Waals surface area contributed by atoms with Crippen LogP contribution in [-0.4, -0.2) is 23.7 Å². The summed E-state index contributed by atoms with van der Waals surface area (Å²) in [5.74, 6) is 0.528. The second-order valence-electron chi connectivity index (χ2n) is 3.06. The maximum absolute atomic E-state index is 11.7. The second kappa shape index (κ2) is 5.12. The fraction of sp³-hybridized carbons (Fsp3) is 0.400. The predicted molar refractivity (Wildman–Crippen MR) is 58.7 cm³/mol. The molecule has 2 N–H and O–H groups in total. The Morgan fingerprint density at radius 3 is 2.79 bits per heavy atom. The highest BCUT2D eigenvalue weighted by atomic mass is 32.2. The van der Waals surface area contributed by atoms with E-state index in [1.807, 2.05) is 13.0 Å². The van der Waals surface area contributed by atoms with Crippen molar-refractivity contribution in [1.82, 2.24) is 0 Å². The normalized spacial score (nSPS) is 12.7. The van der Waals surface area contributed by atoms with Gasteiger partial charge >= 0.3 is 0 Å². The van der Waals surface area contributed by atoms with Crippen LogP contribution in [0.5, 0.6) is 0 Å². The number of ether oxygens (including phenoxy) is 1. The monoisotopic (exact) mass is 213 g/mol. The van der Waals surface area contributed by atoms with Crippen molar-refractivity contribution in [2.45, 2.75) is 11.8 Å². The molecule has 3 nitrogen and oxygen atoms in total. The zero-order valence-corrected chi connectivity index (χ0v) is 9.26. The van der Waals surface area contributed by atoms with Crippen molar-refractivity contribution in [2.75, 3.05) is 25.2 Å². The lowest BCUT2D eigenvalue weighted by Crippen LogP contribution is -2.05. The van der Waals surface area contributed by atoms with Crippen LogP contribution < -0.4 is 5.73 Å². The summed E-state index contributed by atoms with van der Waals surface area (Å²) in [6, 6.07) is 5.45. The van der Waals surface area contributed by atoms with Gasteiger partial charge in [0.2, 0.25) is 0 Å². The number of rotatable bonds is 4. The van der Waals surface area contributed by atoms with Gasteiger partial charge in [-0.1, -0.05) is 0 Å². The Hall–Kier alpha value is -0.870. The molecule has 0 aliphatic heterocycles. The molecule has 1 aromatic carbocycles. The Morgan fingerprint density at radius 2 is 2.21 bits per heavy atom. The van der Waals surface area contributed by atoms with Gasteiger partial charge in [-0.15, -0.1) is 0 Å². The fourth-order valence-corrected chi connectivity index (χ4v) is 2.15.